The van der Waals surface area contributed by atoms with Gasteiger partial charge in [-0.15, -0.1) is 11.3 Å². The molecule has 6 nitrogen and oxygen atoms in total. The van der Waals surface area contributed by atoms with Gasteiger partial charge in [-0.1, -0.05) is 11.6 Å². The third kappa shape index (κ3) is 5.17. The van der Waals surface area contributed by atoms with Crippen LogP contribution in [0.3, 0.4) is 0 Å². The summed E-state index contributed by atoms with van der Waals surface area (Å²) >= 11 is 7.36. The first kappa shape index (κ1) is 18.2. The number of ether oxygens (including phenoxy) is 1. The molecule has 0 unspecified atom stereocenters. The van der Waals surface area contributed by atoms with Gasteiger partial charge in [0.1, 0.15) is 0 Å². The zero-order valence-electron chi connectivity index (χ0n) is 13.2. The second kappa shape index (κ2) is 8.10. The summed E-state index contributed by atoms with van der Waals surface area (Å²) in [6.07, 6.45) is -0.170. The average molecular weight is 361 g/mol. The number of thiophene rings is 1. The number of nitrogens with zero attached hydrogens (tertiary/aromatic N) is 2. The van der Waals surface area contributed by atoms with Crippen LogP contribution in [0, 0.1) is 0 Å². The minimum Gasteiger partial charge on any atom is -0.480 e. The maximum atomic E-state index is 12.6. The molecule has 1 fully saturated rings. The molecule has 0 saturated carbocycles. The van der Waals surface area contributed by atoms with Gasteiger partial charge in [0.25, 0.3) is 0 Å². The number of carboxylic acid groups (broad SMARTS) is 1. The molecule has 0 bridgehead atoms. The first-order valence-corrected chi connectivity index (χ1v) is 8.62. The van der Waals surface area contributed by atoms with Crippen LogP contribution in [-0.4, -0.2) is 72.7 Å². The van der Waals surface area contributed by atoms with Gasteiger partial charge in [-0.2, -0.15) is 0 Å². The van der Waals surface area contributed by atoms with Crippen molar-refractivity contribution in [1.29, 1.82) is 0 Å². The average Bonchev–Trinajstić information content (AvgIpc) is 2.91. The molecule has 1 aromatic heterocycles. The largest absolute Gasteiger partial charge is 0.480 e. The number of hydrogen-bond acceptors (Lipinski definition) is 5. The zero-order chi connectivity index (χ0) is 17.0. The number of halogens is 1. The molecule has 0 spiro atoms. The standard InChI is InChI=1S/C15H21ClN2O4S/c1-10(12-3-4-13(16)23-12)15(21)18-5-6-22-11(8-18)7-17(2)9-14(19)20/h3-4,10-11H,5-9H2,1-2H3,(H,19,20)/t10-,11+/m0/s1. The summed E-state index contributed by atoms with van der Waals surface area (Å²) in [4.78, 5) is 27.8. The van der Waals surface area contributed by atoms with Crippen molar-refractivity contribution in [3.8, 4) is 0 Å². The van der Waals surface area contributed by atoms with Crippen molar-refractivity contribution in [3.05, 3.63) is 21.3 Å². The van der Waals surface area contributed by atoms with Gasteiger partial charge in [0.2, 0.25) is 5.91 Å². The van der Waals surface area contributed by atoms with Gasteiger partial charge >= 0.3 is 5.97 Å². The highest BCUT2D eigenvalue weighted by atomic mass is 35.5. The van der Waals surface area contributed by atoms with Gasteiger partial charge < -0.3 is 14.7 Å². The molecule has 0 aliphatic carbocycles. The van der Waals surface area contributed by atoms with Crippen molar-refractivity contribution < 1.29 is 19.4 Å². The lowest BCUT2D eigenvalue weighted by atomic mass is 10.1. The first-order chi connectivity index (χ1) is 10.9. The lowest BCUT2D eigenvalue weighted by molar-refractivity contribution is -0.143. The molecule has 8 heteroatoms. The second-order valence-electron chi connectivity index (χ2n) is 5.73. The van der Waals surface area contributed by atoms with E-state index in [9.17, 15) is 9.59 Å². The minimum atomic E-state index is -0.876. The Morgan fingerprint density at radius 2 is 2.30 bits per heavy atom. The Morgan fingerprint density at radius 3 is 2.91 bits per heavy atom. The summed E-state index contributed by atoms with van der Waals surface area (Å²) in [5.41, 5.74) is 0. The number of aliphatic carboxylic acids is 1. The Morgan fingerprint density at radius 1 is 1.57 bits per heavy atom. The Kier molecular flexibility index (Phi) is 6.41. The van der Waals surface area contributed by atoms with E-state index in [2.05, 4.69) is 0 Å². The summed E-state index contributed by atoms with van der Waals surface area (Å²) in [5, 5.41) is 8.80. The van der Waals surface area contributed by atoms with Crippen LogP contribution in [0.15, 0.2) is 12.1 Å². The van der Waals surface area contributed by atoms with E-state index in [1.807, 2.05) is 13.0 Å². The smallest absolute Gasteiger partial charge is 0.317 e. The van der Waals surface area contributed by atoms with Crippen LogP contribution in [0.1, 0.15) is 17.7 Å². The third-order valence-electron chi connectivity index (χ3n) is 3.76. The summed E-state index contributed by atoms with van der Waals surface area (Å²) in [7, 11) is 1.73. The third-order valence-corrected chi connectivity index (χ3v) is 5.18. The molecule has 2 rings (SSSR count). The van der Waals surface area contributed by atoms with E-state index in [0.717, 1.165) is 4.88 Å². The molecule has 1 aliphatic rings. The second-order valence-corrected chi connectivity index (χ2v) is 7.48. The molecule has 1 N–H and O–H groups in total. The van der Waals surface area contributed by atoms with E-state index in [4.69, 9.17) is 21.4 Å². The number of carboxylic acids is 1. The highest BCUT2D eigenvalue weighted by molar-refractivity contribution is 7.16. The number of rotatable bonds is 6. The SMILES string of the molecule is C[C@H](C(=O)N1CCO[C@H](CN(C)CC(=O)O)C1)c1ccc(Cl)s1. The number of amides is 1. The van der Waals surface area contributed by atoms with Gasteiger partial charge in [-0.05, 0) is 26.1 Å². The first-order valence-electron chi connectivity index (χ1n) is 7.42. The van der Waals surface area contributed by atoms with Gasteiger partial charge in [-0.3, -0.25) is 14.5 Å². The fraction of sp³-hybridized carbons (Fsp3) is 0.600. The molecule has 2 heterocycles. The van der Waals surface area contributed by atoms with Gasteiger partial charge in [0.15, 0.2) is 0 Å². The Hall–Kier alpha value is -1.15. The van der Waals surface area contributed by atoms with E-state index in [-0.39, 0.29) is 24.5 Å². The Labute approximate surface area is 144 Å². The van der Waals surface area contributed by atoms with Crippen LogP contribution in [0.2, 0.25) is 4.34 Å². The maximum Gasteiger partial charge on any atom is 0.317 e. The quantitative estimate of drug-likeness (QED) is 0.837. The molecular weight excluding hydrogens is 340 g/mol. The van der Waals surface area contributed by atoms with E-state index in [0.29, 0.717) is 30.6 Å². The number of carbonyl (C=O) groups excluding carboxylic acids is 1. The van der Waals surface area contributed by atoms with Crippen LogP contribution < -0.4 is 0 Å². The molecule has 1 amide bonds. The monoisotopic (exact) mass is 360 g/mol. The predicted molar refractivity (Wildman–Crippen MR) is 89.2 cm³/mol. The molecule has 1 saturated heterocycles. The Balaban J connectivity index is 1.92. The highest BCUT2D eigenvalue weighted by Gasteiger charge is 2.29. The molecule has 23 heavy (non-hydrogen) atoms. The van der Waals surface area contributed by atoms with Crippen LogP contribution in [-0.2, 0) is 14.3 Å². The highest BCUT2D eigenvalue weighted by Crippen LogP contribution is 2.29. The van der Waals surface area contributed by atoms with Crippen LogP contribution in [0.4, 0.5) is 0 Å². The maximum absolute atomic E-state index is 12.6. The fourth-order valence-electron chi connectivity index (χ4n) is 2.63. The van der Waals surface area contributed by atoms with Crippen molar-refractivity contribution in [2.45, 2.75) is 18.9 Å². The predicted octanol–water partition coefficient (Wildman–Crippen LogP) is 1.75. The van der Waals surface area contributed by atoms with Gasteiger partial charge in [0, 0.05) is 24.5 Å². The van der Waals surface area contributed by atoms with Gasteiger partial charge in [-0.25, -0.2) is 0 Å². The summed E-state index contributed by atoms with van der Waals surface area (Å²) in [6.45, 7) is 3.82. The molecule has 0 radical (unpaired) electrons. The number of hydrogen-bond donors (Lipinski definition) is 1. The van der Waals surface area contributed by atoms with Crippen LogP contribution >= 0.6 is 22.9 Å². The lowest BCUT2D eigenvalue weighted by Gasteiger charge is -2.35. The van der Waals surface area contributed by atoms with Gasteiger partial charge in [0.05, 0.1) is 29.5 Å². The van der Waals surface area contributed by atoms with Crippen molar-refractivity contribution >= 4 is 34.8 Å². The van der Waals surface area contributed by atoms with E-state index >= 15 is 0 Å². The van der Waals surface area contributed by atoms with E-state index in [1.165, 1.54) is 11.3 Å². The van der Waals surface area contributed by atoms with Crippen molar-refractivity contribution in [2.24, 2.45) is 0 Å². The minimum absolute atomic E-state index is 0.0437. The number of morpholine rings is 1. The number of likely N-dealkylation sites (N-methyl/N-ethyl adjacent to an activating group) is 1. The normalized spacial score (nSPS) is 19.8. The molecule has 1 aliphatic heterocycles. The number of carbonyl (C=O) groups is 2. The van der Waals surface area contributed by atoms with Crippen LogP contribution in [0.25, 0.3) is 0 Å². The molecule has 128 valence electrons. The molecule has 0 aromatic carbocycles. The molecular formula is C15H21ClN2O4S. The summed E-state index contributed by atoms with van der Waals surface area (Å²) in [6, 6.07) is 3.68. The molecule has 1 aromatic rings. The summed E-state index contributed by atoms with van der Waals surface area (Å²) in [5.74, 6) is -1.06. The molecule has 2 atom stereocenters. The topological polar surface area (TPSA) is 70.1 Å². The fourth-order valence-corrected chi connectivity index (χ4v) is 3.73. The van der Waals surface area contributed by atoms with E-state index in [1.54, 1.807) is 22.9 Å². The lowest BCUT2D eigenvalue weighted by Crippen LogP contribution is -2.50. The van der Waals surface area contributed by atoms with Crippen LogP contribution in [0.5, 0.6) is 0 Å². The van der Waals surface area contributed by atoms with Crippen molar-refractivity contribution in [1.82, 2.24) is 9.80 Å². The van der Waals surface area contributed by atoms with E-state index < -0.39 is 5.97 Å². The van der Waals surface area contributed by atoms with Crippen molar-refractivity contribution in [3.63, 3.8) is 0 Å². The Bertz CT molecular complexity index is 565. The summed E-state index contributed by atoms with van der Waals surface area (Å²) < 4.78 is 6.33. The zero-order valence-corrected chi connectivity index (χ0v) is 14.8. The van der Waals surface area contributed by atoms with Crippen molar-refractivity contribution in [2.75, 3.05) is 39.8 Å².